The molecule has 0 aliphatic carbocycles. The maximum absolute atomic E-state index is 12.7. The first-order valence-corrected chi connectivity index (χ1v) is 7.02. The van der Waals surface area contributed by atoms with Crippen molar-refractivity contribution in [2.45, 2.75) is 26.3 Å². The summed E-state index contributed by atoms with van der Waals surface area (Å²) in [6.45, 7) is 4.09. The summed E-state index contributed by atoms with van der Waals surface area (Å²) in [6.07, 6.45) is 0.488. The Morgan fingerprint density at radius 3 is 2.67 bits per heavy atom. The van der Waals surface area contributed by atoms with E-state index in [0.717, 1.165) is 10.9 Å². The third kappa shape index (κ3) is 2.09. The van der Waals surface area contributed by atoms with E-state index in [-0.39, 0.29) is 11.9 Å². The first-order chi connectivity index (χ1) is 10.0. The number of furan rings is 1. The monoisotopic (exact) mass is 287 g/mol. The number of carbonyl (C=O) groups excluding carboxylic acids is 1. The molecule has 5 nitrogen and oxygen atoms in total. The number of rotatable bonds is 2. The summed E-state index contributed by atoms with van der Waals surface area (Å²) in [6, 6.07) is 7.18. The summed E-state index contributed by atoms with van der Waals surface area (Å²) < 4.78 is 5.68. The van der Waals surface area contributed by atoms with Crippen LogP contribution in [0.25, 0.3) is 11.0 Å². The number of nitrogens with zero attached hydrogens (tertiary/aromatic N) is 1. The van der Waals surface area contributed by atoms with Crippen molar-refractivity contribution in [2.75, 3.05) is 6.54 Å². The Hall–Kier alpha value is -2.30. The molecule has 1 N–H and O–H groups in total. The maximum Gasteiger partial charge on any atom is 0.308 e. The van der Waals surface area contributed by atoms with Gasteiger partial charge < -0.3 is 14.4 Å². The zero-order valence-corrected chi connectivity index (χ0v) is 12.0. The van der Waals surface area contributed by atoms with E-state index < -0.39 is 11.9 Å². The van der Waals surface area contributed by atoms with Gasteiger partial charge in [-0.25, -0.2) is 0 Å². The average Bonchev–Trinajstić information content (AvgIpc) is 3.00. The van der Waals surface area contributed by atoms with E-state index in [1.807, 2.05) is 31.2 Å². The molecule has 5 heteroatoms. The van der Waals surface area contributed by atoms with E-state index >= 15 is 0 Å². The lowest BCUT2D eigenvalue weighted by Gasteiger charge is -2.22. The maximum atomic E-state index is 12.7. The van der Waals surface area contributed by atoms with Crippen molar-refractivity contribution in [1.29, 1.82) is 0 Å². The second-order valence-corrected chi connectivity index (χ2v) is 5.52. The summed E-state index contributed by atoms with van der Waals surface area (Å²) in [7, 11) is 0. The standard InChI is InChI=1S/C16H17NO4/c1-9-11-5-3-4-6-13(11)21-14(9)15(18)17-8-7-12(10(17)2)16(19)20/h3-6,10,12H,7-8H2,1-2H3,(H,19,20). The summed E-state index contributed by atoms with van der Waals surface area (Å²) in [5.41, 5.74) is 1.49. The second kappa shape index (κ2) is 4.91. The lowest BCUT2D eigenvalue weighted by atomic mass is 10.0. The zero-order valence-electron chi connectivity index (χ0n) is 12.0. The van der Waals surface area contributed by atoms with Gasteiger partial charge in [-0.15, -0.1) is 0 Å². The van der Waals surface area contributed by atoms with Crippen LogP contribution >= 0.6 is 0 Å². The van der Waals surface area contributed by atoms with Crippen LogP contribution in [0.15, 0.2) is 28.7 Å². The van der Waals surface area contributed by atoms with Gasteiger partial charge in [0.2, 0.25) is 0 Å². The minimum absolute atomic E-state index is 0.222. The first kappa shape index (κ1) is 13.7. The Morgan fingerprint density at radius 2 is 2.05 bits per heavy atom. The Labute approximate surface area is 122 Å². The van der Waals surface area contributed by atoms with Gasteiger partial charge in [0.05, 0.1) is 5.92 Å². The molecular formula is C16H17NO4. The third-order valence-electron chi connectivity index (χ3n) is 4.37. The van der Waals surface area contributed by atoms with Crippen LogP contribution in [0.2, 0.25) is 0 Å². The van der Waals surface area contributed by atoms with E-state index in [0.29, 0.717) is 24.3 Å². The van der Waals surface area contributed by atoms with Gasteiger partial charge in [-0.3, -0.25) is 9.59 Å². The van der Waals surface area contributed by atoms with Gasteiger partial charge in [-0.05, 0) is 26.3 Å². The molecule has 3 rings (SSSR count). The molecular weight excluding hydrogens is 270 g/mol. The lowest BCUT2D eigenvalue weighted by Crippen LogP contribution is -2.37. The summed E-state index contributed by atoms with van der Waals surface area (Å²) in [5.74, 6) is -1.26. The SMILES string of the molecule is Cc1c(C(=O)N2CCC(C(=O)O)C2C)oc2ccccc12. The van der Waals surface area contributed by atoms with E-state index in [9.17, 15) is 9.59 Å². The van der Waals surface area contributed by atoms with Gasteiger partial charge in [0.1, 0.15) is 5.58 Å². The zero-order chi connectivity index (χ0) is 15.1. The summed E-state index contributed by atoms with van der Waals surface area (Å²) >= 11 is 0. The second-order valence-electron chi connectivity index (χ2n) is 5.52. The molecule has 1 aromatic heterocycles. The van der Waals surface area contributed by atoms with Gasteiger partial charge in [-0.1, -0.05) is 18.2 Å². The van der Waals surface area contributed by atoms with Crippen molar-refractivity contribution in [2.24, 2.45) is 5.92 Å². The highest BCUT2D eigenvalue weighted by atomic mass is 16.4. The lowest BCUT2D eigenvalue weighted by molar-refractivity contribution is -0.142. The van der Waals surface area contributed by atoms with Crippen LogP contribution in [0.3, 0.4) is 0 Å². The van der Waals surface area contributed by atoms with E-state index in [1.54, 1.807) is 11.8 Å². The summed E-state index contributed by atoms with van der Waals surface area (Å²) in [5, 5.41) is 10.1. The van der Waals surface area contributed by atoms with Crippen molar-refractivity contribution < 1.29 is 19.1 Å². The Bertz CT molecular complexity index is 718. The molecule has 2 heterocycles. The molecule has 2 unspecified atom stereocenters. The first-order valence-electron chi connectivity index (χ1n) is 7.02. The van der Waals surface area contributed by atoms with Crippen molar-refractivity contribution in [1.82, 2.24) is 4.90 Å². The number of benzene rings is 1. The van der Waals surface area contributed by atoms with Crippen LogP contribution in [0, 0.1) is 12.8 Å². The van der Waals surface area contributed by atoms with Crippen LogP contribution in [-0.2, 0) is 4.79 Å². The summed E-state index contributed by atoms with van der Waals surface area (Å²) in [4.78, 5) is 25.4. The van der Waals surface area contributed by atoms with Crippen molar-refractivity contribution in [3.8, 4) is 0 Å². The molecule has 0 bridgehead atoms. The molecule has 1 fully saturated rings. The quantitative estimate of drug-likeness (QED) is 0.921. The fourth-order valence-corrected chi connectivity index (χ4v) is 3.07. The molecule has 1 aliphatic heterocycles. The number of carboxylic acid groups (broad SMARTS) is 1. The van der Waals surface area contributed by atoms with Crippen LogP contribution < -0.4 is 0 Å². The van der Waals surface area contributed by atoms with E-state index in [1.165, 1.54) is 0 Å². The fraction of sp³-hybridized carbons (Fsp3) is 0.375. The van der Waals surface area contributed by atoms with Crippen LogP contribution in [-0.4, -0.2) is 34.5 Å². The van der Waals surface area contributed by atoms with Gasteiger partial charge in [0, 0.05) is 23.5 Å². The molecule has 0 spiro atoms. The molecule has 1 aliphatic rings. The number of likely N-dealkylation sites (tertiary alicyclic amines) is 1. The number of carboxylic acids is 1. The number of hydrogen-bond acceptors (Lipinski definition) is 3. The molecule has 110 valence electrons. The molecule has 1 saturated heterocycles. The van der Waals surface area contributed by atoms with Crippen molar-refractivity contribution in [3.05, 3.63) is 35.6 Å². The predicted molar refractivity (Wildman–Crippen MR) is 77.2 cm³/mol. The number of fused-ring (bicyclic) bond motifs is 1. The van der Waals surface area contributed by atoms with E-state index in [2.05, 4.69) is 0 Å². The van der Waals surface area contributed by atoms with Crippen molar-refractivity contribution >= 4 is 22.8 Å². The number of aliphatic carboxylic acids is 1. The Kier molecular flexibility index (Phi) is 3.20. The van der Waals surface area contributed by atoms with Crippen LogP contribution in [0.4, 0.5) is 0 Å². The molecule has 1 amide bonds. The molecule has 0 saturated carbocycles. The molecule has 2 aromatic rings. The Balaban J connectivity index is 1.94. The smallest absolute Gasteiger partial charge is 0.308 e. The van der Waals surface area contributed by atoms with Crippen LogP contribution in [0.5, 0.6) is 0 Å². The van der Waals surface area contributed by atoms with Gasteiger partial charge in [0.25, 0.3) is 5.91 Å². The number of amides is 1. The molecule has 1 aromatic carbocycles. The minimum atomic E-state index is -0.848. The van der Waals surface area contributed by atoms with E-state index in [4.69, 9.17) is 9.52 Å². The average molecular weight is 287 g/mol. The van der Waals surface area contributed by atoms with Crippen LogP contribution in [0.1, 0.15) is 29.5 Å². The number of carbonyl (C=O) groups is 2. The topological polar surface area (TPSA) is 70.8 Å². The Morgan fingerprint density at radius 1 is 1.33 bits per heavy atom. The predicted octanol–water partition coefficient (Wildman–Crippen LogP) is 2.68. The minimum Gasteiger partial charge on any atom is -0.481 e. The van der Waals surface area contributed by atoms with Crippen molar-refractivity contribution in [3.63, 3.8) is 0 Å². The number of hydrogen-bond donors (Lipinski definition) is 1. The highest BCUT2D eigenvalue weighted by molar-refractivity contribution is 5.99. The normalized spacial score (nSPS) is 21.9. The molecule has 21 heavy (non-hydrogen) atoms. The van der Waals surface area contributed by atoms with Gasteiger partial charge >= 0.3 is 5.97 Å². The fourth-order valence-electron chi connectivity index (χ4n) is 3.07. The number of para-hydroxylation sites is 1. The highest BCUT2D eigenvalue weighted by Gasteiger charge is 2.39. The van der Waals surface area contributed by atoms with Gasteiger partial charge in [-0.2, -0.15) is 0 Å². The third-order valence-corrected chi connectivity index (χ3v) is 4.37. The number of aryl methyl sites for hydroxylation is 1. The van der Waals surface area contributed by atoms with Gasteiger partial charge in [0.15, 0.2) is 5.76 Å². The molecule has 2 atom stereocenters. The highest BCUT2D eigenvalue weighted by Crippen LogP contribution is 2.30. The largest absolute Gasteiger partial charge is 0.481 e. The molecule has 0 radical (unpaired) electrons.